The van der Waals surface area contributed by atoms with Crippen LogP contribution in [-0.2, 0) is 12.8 Å². The maximum atomic E-state index is 3.32. The quantitative estimate of drug-likeness (QED) is 0.583. The molecular formula is C9H12N2. The van der Waals surface area contributed by atoms with E-state index in [0.717, 1.165) is 18.7 Å². The van der Waals surface area contributed by atoms with Crippen molar-refractivity contribution in [3.8, 4) is 0 Å². The van der Waals surface area contributed by atoms with Gasteiger partial charge in [0.05, 0.1) is 0 Å². The van der Waals surface area contributed by atoms with Crippen LogP contribution in [-0.4, -0.2) is 12.0 Å². The molecule has 1 aromatic heterocycles. The second kappa shape index (κ2) is 2.46. The Labute approximate surface area is 66.3 Å². The van der Waals surface area contributed by atoms with Gasteiger partial charge in [0, 0.05) is 19.2 Å². The van der Waals surface area contributed by atoms with Crippen LogP contribution in [0.15, 0.2) is 18.2 Å². The van der Waals surface area contributed by atoms with Gasteiger partial charge in [0.2, 0.25) is 0 Å². The van der Waals surface area contributed by atoms with Crippen molar-refractivity contribution in [3.63, 3.8) is 0 Å². The minimum atomic E-state index is 1.05. The fourth-order valence-electron chi connectivity index (χ4n) is 1.45. The van der Waals surface area contributed by atoms with E-state index in [9.17, 15) is 0 Å². The molecule has 1 aliphatic carbocycles. The van der Waals surface area contributed by atoms with Gasteiger partial charge in [0.25, 0.3) is 0 Å². The number of fused-ring (bicyclic) bond motifs is 1. The summed E-state index contributed by atoms with van der Waals surface area (Å²) in [5.41, 5.74) is 2.79. The van der Waals surface area contributed by atoms with Crippen LogP contribution in [0.4, 0.5) is 5.82 Å². The van der Waals surface area contributed by atoms with E-state index in [1.807, 2.05) is 7.05 Å². The summed E-state index contributed by atoms with van der Waals surface area (Å²) in [6, 6.07) is 2.18. The molecule has 58 valence electrons. The van der Waals surface area contributed by atoms with Crippen LogP contribution in [0.3, 0.4) is 0 Å². The number of allylic oxidation sites excluding steroid dienone is 2. The SMILES string of the molecule is CNc1cc2c([nH]1)CC=CC2. The van der Waals surface area contributed by atoms with Crippen LogP contribution in [0.5, 0.6) is 0 Å². The fraction of sp³-hybridized carbons (Fsp3) is 0.333. The number of aromatic amines is 1. The molecule has 11 heavy (non-hydrogen) atoms. The third kappa shape index (κ3) is 1.04. The second-order valence-corrected chi connectivity index (χ2v) is 2.82. The summed E-state index contributed by atoms with van der Waals surface area (Å²) in [6.07, 6.45) is 6.55. The van der Waals surface area contributed by atoms with Crippen molar-refractivity contribution in [3.05, 3.63) is 29.5 Å². The Hall–Kier alpha value is -1.18. The number of hydrogen-bond donors (Lipinski definition) is 2. The minimum absolute atomic E-state index is 1.05. The standard InChI is InChI=1S/C9H12N2/c1-10-9-6-7-4-2-3-5-8(7)11-9/h2-3,6,10-11H,4-5H2,1H3. The van der Waals surface area contributed by atoms with Crippen molar-refractivity contribution in [2.45, 2.75) is 12.8 Å². The lowest BCUT2D eigenvalue weighted by Crippen LogP contribution is -1.93. The highest BCUT2D eigenvalue weighted by atomic mass is 15.0. The normalized spacial score (nSPS) is 14.6. The molecule has 1 aromatic rings. The zero-order valence-electron chi connectivity index (χ0n) is 6.65. The smallest absolute Gasteiger partial charge is 0.103 e. The minimum Gasteiger partial charge on any atom is -0.375 e. The van der Waals surface area contributed by atoms with Gasteiger partial charge in [-0.15, -0.1) is 0 Å². The molecule has 0 amide bonds. The number of anilines is 1. The van der Waals surface area contributed by atoms with E-state index in [0.29, 0.717) is 0 Å². The summed E-state index contributed by atoms with van der Waals surface area (Å²) in [5.74, 6) is 1.12. The average molecular weight is 148 g/mol. The summed E-state index contributed by atoms with van der Waals surface area (Å²) in [7, 11) is 1.94. The highest BCUT2D eigenvalue weighted by Gasteiger charge is 2.07. The molecule has 0 aliphatic heterocycles. The zero-order chi connectivity index (χ0) is 7.68. The molecule has 0 unspecified atom stereocenters. The van der Waals surface area contributed by atoms with Crippen molar-refractivity contribution in [2.24, 2.45) is 0 Å². The van der Waals surface area contributed by atoms with Crippen LogP contribution in [0.2, 0.25) is 0 Å². The third-order valence-corrected chi connectivity index (χ3v) is 2.09. The Bertz CT molecular complexity index is 258. The summed E-state index contributed by atoms with van der Waals surface area (Å²) in [4.78, 5) is 3.32. The Morgan fingerprint density at radius 1 is 1.36 bits per heavy atom. The van der Waals surface area contributed by atoms with E-state index in [4.69, 9.17) is 0 Å². The summed E-state index contributed by atoms with van der Waals surface area (Å²) < 4.78 is 0. The van der Waals surface area contributed by atoms with Gasteiger partial charge in [-0.1, -0.05) is 12.2 Å². The van der Waals surface area contributed by atoms with Crippen molar-refractivity contribution >= 4 is 5.82 Å². The van der Waals surface area contributed by atoms with E-state index >= 15 is 0 Å². The first-order valence-electron chi connectivity index (χ1n) is 3.93. The first-order valence-corrected chi connectivity index (χ1v) is 3.93. The topological polar surface area (TPSA) is 27.8 Å². The van der Waals surface area contributed by atoms with Crippen molar-refractivity contribution in [2.75, 3.05) is 12.4 Å². The van der Waals surface area contributed by atoms with Gasteiger partial charge in [0.1, 0.15) is 5.82 Å². The van der Waals surface area contributed by atoms with Gasteiger partial charge >= 0.3 is 0 Å². The predicted octanol–water partition coefficient (Wildman–Crippen LogP) is 1.71. The first kappa shape index (κ1) is 6.53. The molecule has 2 rings (SSSR count). The van der Waals surface area contributed by atoms with Crippen LogP contribution in [0, 0.1) is 0 Å². The van der Waals surface area contributed by atoms with E-state index in [1.165, 1.54) is 11.3 Å². The molecule has 0 bridgehead atoms. The molecule has 0 saturated heterocycles. The van der Waals surface area contributed by atoms with E-state index in [-0.39, 0.29) is 0 Å². The summed E-state index contributed by atoms with van der Waals surface area (Å²) >= 11 is 0. The van der Waals surface area contributed by atoms with Crippen LogP contribution in [0.1, 0.15) is 11.3 Å². The number of H-pyrrole nitrogens is 1. The second-order valence-electron chi connectivity index (χ2n) is 2.82. The molecule has 0 radical (unpaired) electrons. The molecule has 0 saturated carbocycles. The van der Waals surface area contributed by atoms with Crippen molar-refractivity contribution in [1.29, 1.82) is 0 Å². The van der Waals surface area contributed by atoms with Gasteiger partial charge in [-0.25, -0.2) is 0 Å². The third-order valence-electron chi connectivity index (χ3n) is 2.09. The van der Waals surface area contributed by atoms with E-state index in [2.05, 4.69) is 28.5 Å². The molecule has 0 atom stereocenters. The molecule has 1 aliphatic rings. The number of hydrogen-bond acceptors (Lipinski definition) is 1. The van der Waals surface area contributed by atoms with Gasteiger partial charge in [0.15, 0.2) is 0 Å². The molecule has 2 heteroatoms. The Morgan fingerprint density at radius 2 is 2.18 bits per heavy atom. The maximum absolute atomic E-state index is 3.32. The van der Waals surface area contributed by atoms with Gasteiger partial charge < -0.3 is 10.3 Å². The predicted molar refractivity (Wildman–Crippen MR) is 46.9 cm³/mol. The zero-order valence-corrected chi connectivity index (χ0v) is 6.65. The number of rotatable bonds is 1. The molecule has 2 nitrogen and oxygen atoms in total. The van der Waals surface area contributed by atoms with Gasteiger partial charge in [-0.3, -0.25) is 0 Å². The van der Waals surface area contributed by atoms with E-state index in [1.54, 1.807) is 0 Å². The van der Waals surface area contributed by atoms with Gasteiger partial charge in [-0.05, 0) is 18.1 Å². The van der Waals surface area contributed by atoms with Crippen LogP contribution >= 0.6 is 0 Å². The molecule has 0 spiro atoms. The largest absolute Gasteiger partial charge is 0.375 e. The number of aromatic nitrogens is 1. The monoisotopic (exact) mass is 148 g/mol. The molecular weight excluding hydrogens is 136 g/mol. The van der Waals surface area contributed by atoms with Gasteiger partial charge in [-0.2, -0.15) is 0 Å². The Morgan fingerprint density at radius 3 is 2.91 bits per heavy atom. The number of nitrogens with one attached hydrogen (secondary N) is 2. The molecule has 2 N–H and O–H groups in total. The Kier molecular flexibility index (Phi) is 1.46. The average Bonchev–Trinajstić information content (AvgIpc) is 2.46. The van der Waals surface area contributed by atoms with Crippen LogP contribution < -0.4 is 5.32 Å². The lowest BCUT2D eigenvalue weighted by molar-refractivity contribution is 1.05. The van der Waals surface area contributed by atoms with E-state index < -0.39 is 0 Å². The molecule has 0 fully saturated rings. The summed E-state index contributed by atoms with van der Waals surface area (Å²) in [5, 5.41) is 3.10. The van der Waals surface area contributed by atoms with Crippen molar-refractivity contribution in [1.82, 2.24) is 4.98 Å². The highest BCUT2D eigenvalue weighted by molar-refractivity contribution is 5.45. The lowest BCUT2D eigenvalue weighted by Gasteiger charge is -2.02. The Balaban J connectivity index is 2.36. The molecule has 1 heterocycles. The first-order chi connectivity index (χ1) is 5.40. The van der Waals surface area contributed by atoms with Crippen molar-refractivity contribution < 1.29 is 0 Å². The summed E-state index contributed by atoms with van der Waals surface area (Å²) in [6.45, 7) is 0. The lowest BCUT2D eigenvalue weighted by atomic mass is 10.1. The maximum Gasteiger partial charge on any atom is 0.103 e. The highest BCUT2D eigenvalue weighted by Crippen LogP contribution is 2.19. The van der Waals surface area contributed by atoms with Crippen LogP contribution in [0.25, 0.3) is 0 Å². The fourth-order valence-corrected chi connectivity index (χ4v) is 1.45. The molecule has 0 aromatic carbocycles.